The molecule has 3 aromatic rings. The van der Waals surface area contributed by atoms with Crippen LogP contribution in [-0.2, 0) is 16.1 Å². The van der Waals surface area contributed by atoms with Gasteiger partial charge in [0.1, 0.15) is 24.7 Å². The molecule has 0 saturated carbocycles. The molecule has 0 spiro atoms. The second kappa shape index (κ2) is 8.50. The summed E-state index contributed by atoms with van der Waals surface area (Å²) in [6.07, 6.45) is 7.36. The van der Waals surface area contributed by atoms with Crippen LogP contribution in [0.25, 0.3) is 5.76 Å². The maximum absolute atomic E-state index is 13.1. The van der Waals surface area contributed by atoms with Gasteiger partial charge in [-0.25, -0.2) is 4.98 Å². The van der Waals surface area contributed by atoms with E-state index in [4.69, 9.17) is 13.9 Å². The monoisotopic (exact) mass is 449 g/mol. The van der Waals surface area contributed by atoms with Gasteiger partial charge in [0.15, 0.2) is 11.5 Å². The number of hydrogen-bond acceptors (Lipinski definition) is 7. The lowest BCUT2D eigenvalue weighted by Gasteiger charge is -2.24. The molecule has 1 N–H and O–H groups in total. The lowest BCUT2D eigenvalue weighted by atomic mass is 9.96. The van der Waals surface area contributed by atoms with E-state index in [1.807, 2.05) is 10.8 Å². The molecule has 0 radical (unpaired) electrons. The Kier molecular flexibility index (Phi) is 5.37. The predicted molar refractivity (Wildman–Crippen MR) is 117 cm³/mol. The Bertz CT molecular complexity index is 1230. The Morgan fingerprint density at radius 1 is 1.15 bits per heavy atom. The number of aromatic nitrogens is 2. The number of aliphatic hydroxyl groups excluding tert-OH is 1. The van der Waals surface area contributed by atoms with E-state index in [9.17, 15) is 14.7 Å². The molecule has 1 saturated heterocycles. The van der Waals surface area contributed by atoms with Gasteiger partial charge in [-0.3, -0.25) is 9.59 Å². The SMILES string of the molecule is Cc1cc(C2/C(=C(\O)c3ccc4c(c3)OCCO4)C(=O)C(=O)N2CCCn2ccnc2)co1. The van der Waals surface area contributed by atoms with Crippen LogP contribution in [0.15, 0.2) is 59.2 Å². The van der Waals surface area contributed by atoms with Crippen LogP contribution in [0.4, 0.5) is 0 Å². The average molecular weight is 449 g/mol. The molecule has 1 aromatic carbocycles. The average Bonchev–Trinajstić information content (AvgIpc) is 3.55. The number of furan rings is 1. The molecule has 9 heteroatoms. The van der Waals surface area contributed by atoms with Gasteiger partial charge in [-0.2, -0.15) is 0 Å². The van der Waals surface area contributed by atoms with Crippen molar-refractivity contribution >= 4 is 17.4 Å². The Labute approximate surface area is 189 Å². The van der Waals surface area contributed by atoms with Gasteiger partial charge in [-0.1, -0.05) is 0 Å². The van der Waals surface area contributed by atoms with Crippen LogP contribution in [0.2, 0.25) is 0 Å². The van der Waals surface area contributed by atoms with Crippen molar-refractivity contribution in [3.05, 3.63) is 71.7 Å². The number of imidazole rings is 1. The zero-order valence-corrected chi connectivity index (χ0v) is 18.1. The van der Waals surface area contributed by atoms with Crippen LogP contribution in [0.1, 0.15) is 29.3 Å². The zero-order chi connectivity index (χ0) is 22.9. The summed E-state index contributed by atoms with van der Waals surface area (Å²) in [6, 6.07) is 5.97. The van der Waals surface area contributed by atoms with E-state index in [0.717, 1.165) is 0 Å². The molecule has 9 nitrogen and oxygen atoms in total. The number of aryl methyl sites for hydroxylation is 2. The summed E-state index contributed by atoms with van der Waals surface area (Å²) in [5.74, 6) is 0.0624. The summed E-state index contributed by atoms with van der Waals surface area (Å²) in [6.45, 7) is 3.60. The molecule has 1 amide bonds. The van der Waals surface area contributed by atoms with E-state index in [2.05, 4.69) is 4.98 Å². The van der Waals surface area contributed by atoms with E-state index in [-0.39, 0.29) is 11.3 Å². The second-order valence-corrected chi connectivity index (χ2v) is 8.00. The van der Waals surface area contributed by atoms with Crippen molar-refractivity contribution in [2.45, 2.75) is 25.9 Å². The van der Waals surface area contributed by atoms with Crippen molar-refractivity contribution in [3.8, 4) is 11.5 Å². The highest BCUT2D eigenvalue weighted by atomic mass is 16.6. The maximum Gasteiger partial charge on any atom is 0.295 e. The molecule has 2 aromatic heterocycles. The molecule has 2 aliphatic heterocycles. The van der Waals surface area contributed by atoms with Crippen LogP contribution in [-0.4, -0.2) is 51.0 Å². The van der Waals surface area contributed by atoms with Crippen molar-refractivity contribution in [1.29, 1.82) is 0 Å². The Morgan fingerprint density at radius 3 is 2.70 bits per heavy atom. The molecule has 1 atom stereocenters. The number of hydrogen-bond donors (Lipinski definition) is 1. The molecule has 33 heavy (non-hydrogen) atoms. The Balaban J connectivity index is 1.51. The summed E-state index contributed by atoms with van der Waals surface area (Å²) in [7, 11) is 0. The quantitative estimate of drug-likeness (QED) is 0.350. The summed E-state index contributed by atoms with van der Waals surface area (Å²) >= 11 is 0. The smallest absolute Gasteiger partial charge is 0.295 e. The van der Waals surface area contributed by atoms with Crippen molar-refractivity contribution < 1.29 is 28.6 Å². The number of nitrogens with zero attached hydrogens (tertiary/aromatic N) is 3. The molecule has 4 heterocycles. The fraction of sp³-hybridized carbons (Fsp3) is 0.292. The minimum atomic E-state index is -0.751. The van der Waals surface area contributed by atoms with Crippen LogP contribution in [0.3, 0.4) is 0 Å². The van der Waals surface area contributed by atoms with Crippen molar-refractivity contribution in [3.63, 3.8) is 0 Å². The van der Waals surface area contributed by atoms with Gasteiger partial charge in [0.05, 0.1) is 24.2 Å². The number of likely N-dealkylation sites (tertiary alicyclic amines) is 1. The lowest BCUT2D eigenvalue weighted by molar-refractivity contribution is -0.139. The van der Waals surface area contributed by atoms with Crippen LogP contribution in [0.5, 0.6) is 11.5 Å². The number of ether oxygens (including phenoxy) is 2. The number of amides is 1. The van der Waals surface area contributed by atoms with Gasteiger partial charge >= 0.3 is 0 Å². The molecule has 0 bridgehead atoms. The minimum Gasteiger partial charge on any atom is -0.507 e. The molecule has 0 aliphatic carbocycles. The van der Waals surface area contributed by atoms with Gasteiger partial charge < -0.3 is 28.5 Å². The van der Waals surface area contributed by atoms with E-state index >= 15 is 0 Å². The number of fused-ring (bicyclic) bond motifs is 1. The third-order valence-electron chi connectivity index (χ3n) is 5.80. The molecule has 1 unspecified atom stereocenters. The summed E-state index contributed by atoms with van der Waals surface area (Å²) in [4.78, 5) is 31.6. The Hall–Kier alpha value is -4.01. The molecular formula is C24H23N3O6. The summed E-state index contributed by atoms with van der Waals surface area (Å²) in [5, 5.41) is 11.2. The highest BCUT2D eigenvalue weighted by Gasteiger charge is 2.46. The molecule has 170 valence electrons. The number of benzene rings is 1. The largest absolute Gasteiger partial charge is 0.507 e. The number of aliphatic hydroxyl groups is 1. The van der Waals surface area contributed by atoms with Crippen LogP contribution in [0, 0.1) is 6.92 Å². The highest BCUT2D eigenvalue weighted by molar-refractivity contribution is 6.46. The summed E-state index contributed by atoms with van der Waals surface area (Å²) < 4.78 is 18.5. The van der Waals surface area contributed by atoms with Gasteiger partial charge in [-0.15, -0.1) is 0 Å². The van der Waals surface area contributed by atoms with E-state index in [0.29, 0.717) is 61.1 Å². The van der Waals surface area contributed by atoms with Crippen molar-refractivity contribution in [2.24, 2.45) is 0 Å². The first-order valence-corrected chi connectivity index (χ1v) is 10.7. The molecule has 2 aliphatic rings. The summed E-state index contributed by atoms with van der Waals surface area (Å²) in [5.41, 5.74) is 1.04. The zero-order valence-electron chi connectivity index (χ0n) is 18.1. The first-order chi connectivity index (χ1) is 16.0. The standard InChI is InChI=1S/C24H23N3O6/c1-15-11-17(13-33-15)21-20(22(28)16-3-4-18-19(12-16)32-10-9-31-18)23(29)24(30)27(21)7-2-6-26-8-5-25-14-26/h3-5,8,11-14,21,28H,2,6-7,9-10H2,1H3/b22-20+. The second-order valence-electron chi connectivity index (χ2n) is 8.00. The number of rotatable bonds is 6. The number of carbonyl (C=O) groups excluding carboxylic acids is 2. The van der Waals surface area contributed by atoms with Crippen LogP contribution < -0.4 is 9.47 Å². The van der Waals surface area contributed by atoms with Gasteiger partial charge in [-0.05, 0) is 37.6 Å². The van der Waals surface area contributed by atoms with E-state index in [1.54, 1.807) is 43.7 Å². The fourth-order valence-electron chi connectivity index (χ4n) is 4.25. The van der Waals surface area contributed by atoms with Gasteiger partial charge in [0, 0.05) is 36.6 Å². The number of Topliss-reactive ketones (excluding diaryl/α,β-unsaturated/α-hetero) is 1. The predicted octanol–water partition coefficient (Wildman–Crippen LogP) is 3.07. The first-order valence-electron chi connectivity index (χ1n) is 10.7. The third-order valence-corrected chi connectivity index (χ3v) is 5.80. The van der Waals surface area contributed by atoms with E-state index in [1.165, 1.54) is 11.2 Å². The Morgan fingerprint density at radius 2 is 1.97 bits per heavy atom. The van der Waals surface area contributed by atoms with E-state index < -0.39 is 17.7 Å². The van der Waals surface area contributed by atoms with Crippen LogP contribution >= 0.6 is 0 Å². The van der Waals surface area contributed by atoms with Gasteiger partial charge in [0.2, 0.25) is 0 Å². The molecule has 1 fully saturated rings. The number of carbonyl (C=O) groups is 2. The maximum atomic E-state index is 13.1. The minimum absolute atomic E-state index is 0.0279. The van der Waals surface area contributed by atoms with Gasteiger partial charge in [0.25, 0.3) is 11.7 Å². The normalized spacial score (nSPS) is 19.3. The first kappa shape index (κ1) is 20.9. The molecule has 5 rings (SSSR count). The topological polar surface area (TPSA) is 107 Å². The lowest BCUT2D eigenvalue weighted by Crippen LogP contribution is -2.31. The molecular weight excluding hydrogens is 426 g/mol. The van der Waals surface area contributed by atoms with Crippen molar-refractivity contribution in [2.75, 3.05) is 19.8 Å². The third kappa shape index (κ3) is 3.86. The highest BCUT2D eigenvalue weighted by Crippen LogP contribution is 2.41. The fourth-order valence-corrected chi connectivity index (χ4v) is 4.25. The van der Waals surface area contributed by atoms with Crippen molar-refractivity contribution in [1.82, 2.24) is 14.5 Å². The number of ketones is 1.